The number of benzene rings is 1. The fourth-order valence-corrected chi connectivity index (χ4v) is 1.50. The minimum absolute atomic E-state index is 0.206. The molecule has 0 aromatic heterocycles. The first-order valence-electron chi connectivity index (χ1n) is 4.77. The fraction of sp³-hybridized carbons (Fsp3) is 0.273. The number of phenols is 1. The van der Waals surface area contributed by atoms with E-state index in [-0.39, 0.29) is 6.07 Å². The average molecular weight is 286 g/mol. The van der Waals surface area contributed by atoms with Gasteiger partial charge in [0.25, 0.3) is 5.60 Å². The third-order valence-electron chi connectivity index (χ3n) is 2.47. The third-order valence-corrected chi connectivity index (χ3v) is 2.47. The van der Waals surface area contributed by atoms with E-state index in [2.05, 4.69) is 6.58 Å². The number of hydrogen-bond donors (Lipinski definition) is 2. The lowest BCUT2D eigenvalue weighted by Gasteiger charge is -2.33. The van der Waals surface area contributed by atoms with E-state index in [1.165, 1.54) is 0 Å². The van der Waals surface area contributed by atoms with Crippen LogP contribution in [0.1, 0.15) is 11.1 Å². The first-order valence-corrected chi connectivity index (χ1v) is 4.77. The van der Waals surface area contributed by atoms with E-state index in [9.17, 15) is 31.4 Å². The van der Waals surface area contributed by atoms with Crippen molar-refractivity contribution in [3.63, 3.8) is 0 Å². The Balaban J connectivity index is 3.69. The van der Waals surface area contributed by atoms with Gasteiger partial charge < -0.3 is 10.2 Å². The number of aliphatic hydroxyl groups is 1. The third kappa shape index (κ3) is 2.40. The molecule has 0 atom stereocenters. The Morgan fingerprint density at radius 2 is 1.47 bits per heavy atom. The molecule has 0 amide bonds. The Hall–Kier alpha value is -1.70. The molecule has 1 aromatic carbocycles. The number of hydrogen-bond acceptors (Lipinski definition) is 2. The summed E-state index contributed by atoms with van der Waals surface area (Å²) in [6.07, 6.45) is -11.3. The highest BCUT2D eigenvalue weighted by Crippen LogP contribution is 2.51. The van der Waals surface area contributed by atoms with E-state index >= 15 is 0 Å². The zero-order valence-electron chi connectivity index (χ0n) is 9.18. The van der Waals surface area contributed by atoms with Crippen LogP contribution in [0, 0.1) is 0 Å². The van der Waals surface area contributed by atoms with Gasteiger partial charge in [0.15, 0.2) is 0 Å². The van der Waals surface area contributed by atoms with Gasteiger partial charge in [-0.15, -0.1) is 0 Å². The lowest BCUT2D eigenvalue weighted by molar-refractivity contribution is -0.376. The van der Waals surface area contributed by atoms with Gasteiger partial charge in [-0.05, 0) is 17.7 Å². The van der Waals surface area contributed by atoms with Crippen molar-refractivity contribution in [3.05, 3.63) is 35.9 Å². The molecule has 0 unspecified atom stereocenters. The van der Waals surface area contributed by atoms with Gasteiger partial charge >= 0.3 is 12.4 Å². The highest BCUT2D eigenvalue weighted by atomic mass is 19.4. The van der Waals surface area contributed by atoms with Crippen LogP contribution >= 0.6 is 0 Å². The first kappa shape index (κ1) is 15.4. The maximum Gasteiger partial charge on any atom is 0.430 e. The van der Waals surface area contributed by atoms with Gasteiger partial charge in [-0.3, -0.25) is 0 Å². The summed E-state index contributed by atoms with van der Waals surface area (Å²) in [5.41, 5.74) is -7.19. The normalized spacial score (nSPS) is 13.4. The zero-order chi connectivity index (χ0) is 15.1. The molecular weight excluding hydrogens is 278 g/mol. The van der Waals surface area contributed by atoms with Crippen molar-refractivity contribution in [1.29, 1.82) is 0 Å². The summed E-state index contributed by atoms with van der Waals surface area (Å²) in [6, 6.07) is 1.88. The van der Waals surface area contributed by atoms with Crippen LogP contribution < -0.4 is 0 Å². The van der Waals surface area contributed by atoms with Crippen molar-refractivity contribution in [2.75, 3.05) is 0 Å². The molecule has 0 spiro atoms. The zero-order valence-corrected chi connectivity index (χ0v) is 9.18. The van der Waals surface area contributed by atoms with E-state index in [0.717, 1.165) is 18.2 Å². The SMILES string of the molecule is C=Cc1ccc(O)cc1C(O)(C(F)(F)F)C(F)(F)F. The molecule has 0 aliphatic carbocycles. The minimum atomic E-state index is -6.00. The molecule has 0 radical (unpaired) electrons. The Bertz CT molecular complexity index is 475. The van der Waals surface area contributed by atoms with Gasteiger partial charge in [0, 0.05) is 5.56 Å². The van der Waals surface area contributed by atoms with E-state index in [4.69, 9.17) is 5.11 Å². The monoisotopic (exact) mass is 286 g/mol. The molecule has 0 fully saturated rings. The molecule has 0 saturated carbocycles. The summed E-state index contributed by atoms with van der Waals surface area (Å²) in [7, 11) is 0. The Labute approximate surface area is 103 Å². The molecule has 0 heterocycles. The lowest BCUT2D eigenvalue weighted by Crippen LogP contribution is -2.54. The van der Waals surface area contributed by atoms with Crippen molar-refractivity contribution in [2.24, 2.45) is 0 Å². The summed E-state index contributed by atoms with van der Waals surface area (Å²) in [4.78, 5) is 0. The quantitative estimate of drug-likeness (QED) is 0.818. The Kier molecular flexibility index (Phi) is 3.59. The molecule has 106 valence electrons. The number of phenolic OH excluding ortho intramolecular Hbond substituents is 1. The van der Waals surface area contributed by atoms with Crippen LogP contribution in [-0.4, -0.2) is 22.6 Å². The molecule has 2 N–H and O–H groups in total. The average Bonchev–Trinajstić information content (AvgIpc) is 2.24. The molecular formula is C11H8F6O2. The van der Waals surface area contributed by atoms with Crippen LogP contribution in [-0.2, 0) is 5.60 Å². The van der Waals surface area contributed by atoms with Crippen LogP contribution in [0.25, 0.3) is 6.08 Å². The summed E-state index contributed by atoms with van der Waals surface area (Å²) in [5.74, 6) is -0.840. The van der Waals surface area contributed by atoms with E-state index < -0.39 is 34.8 Å². The maximum absolute atomic E-state index is 12.6. The summed E-state index contributed by atoms with van der Waals surface area (Å²) in [5, 5.41) is 18.2. The molecule has 0 saturated heterocycles. The summed E-state index contributed by atoms with van der Waals surface area (Å²) in [6.45, 7) is 3.07. The van der Waals surface area contributed by atoms with Gasteiger partial charge in [-0.1, -0.05) is 18.7 Å². The highest BCUT2D eigenvalue weighted by Gasteiger charge is 2.71. The second kappa shape index (κ2) is 4.44. The summed E-state index contributed by atoms with van der Waals surface area (Å²) >= 11 is 0. The van der Waals surface area contributed by atoms with Crippen LogP contribution in [0.5, 0.6) is 5.75 Å². The smallest absolute Gasteiger partial charge is 0.430 e. The summed E-state index contributed by atoms with van der Waals surface area (Å²) < 4.78 is 75.9. The van der Waals surface area contributed by atoms with Crippen LogP contribution in [0.3, 0.4) is 0 Å². The van der Waals surface area contributed by atoms with Crippen molar-refractivity contribution < 1.29 is 36.6 Å². The van der Waals surface area contributed by atoms with Gasteiger partial charge in [0.05, 0.1) is 0 Å². The molecule has 1 aromatic rings. The van der Waals surface area contributed by atoms with E-state index in [1.54, 1.807) is 0 Å². The molecule has 0 bridgehead atoms. The predicted molar refractivity (Wildman–Crippen MR) is 54.2 cm³/mol. The van der Waals surface area contributed by atoms with Crippen molar-refractivity contribution in [3.8, 4) is 5.75 Å². The van der Waals surface area contributed by atoms with Crippen LogP contribution in [0.15, 0.2) is 24.8 Å². The fourth-order valence-electron chi connectivity index (χ4n) is 1.50. The number of alkyl halides is 6. The second-order valence-corrected chi connectivity index (χ2v) is 3.68. The van der Waals surface area contributed by atoms with Gasteiger partial charge in [0.1, 0.15) is 5.75 Å². The van der Waals surface area contributed by atoms with E-state index in [1.807, 2.05) is 0 Å². The Morgan fingerprint density at radius 3 is 1.84 bits per heavy atom. The predicted octanol–water partition coefficient (Wildman–Crippen LogP) is 3.35. The largest absolute Gasteiger partial charge is 0.508 e. The number of rotatable bonds is 2. The van der Waals surface area contributed by atoms with Gasteiger partial charge in [-0.25, -0.2) is 0 Å². The van der Waals surface area contributed by atoms with Crippen LogP contribution in [0.4, 0.5) is 26.3 Å². The maximum atomic E-state index is 12.6. The van der Waals surface area contributed by atoms with Crippen molar-refractivity contribution >= 4 is 6.08 Å². The molecule has 8 heteroatoms. The van der Waals surface area contributed by atoms with Gasteiger partial charge in [-0.2, -0.15) is 26.3 Å². The number of halogens is 6. The Morgan fingerprint density at radius 1 is 1.00 bits per heavy atom. The van der Waals surface area contributed by atoms with Crippen molar-refractivity contribution in [1.82, 2.24) is 0 Å². The van der Waals surface area contributed by atoms with E-state index in [0.29, 0.717) is 0 Å². The molecule has 0 aliphatic heterocycles. The molecule has 1 rings (SSSR count). The first-order chi connectivity index (χ1) is 8.45. The highest BCUT2D eigenvalue weighted by molar-refractivity contribution is 5.56. The lowest BCUT2D eigenvalue weighted by atomic mass is 9.88. The minimum Gasteiger partial charge on any atom is -0.508 e. The molecule has 2 nitrogen and oxygen atoms in total. The van der Waals surface area contributed by atoms with Crippen LogP contribution in [0.2, 0.25) is 0 Å². The number of aromatic hydroxyl groups is 1. The molecule has 19 heavy (non-hydrogen) atoms. The standard InChI is InChI=1S/C11H8F6O2/c1-2-6-3-4-7(18)5-8(6)9(19,10(12,13)14)11(15,16)17/h2-5,18-19H,1H2. The second-order valence-electron chi connectivity index (χ2n) is 3.68. The topological polar surface area (TPSA) is 40.5 Å². The van der Waals surface area contributed by atoms with Gasteiger partial charge in [0.2, 0.25) is 0 Å². The van der Waals surface area contributed by atoms with Crippen molar-refractivity contribution in [2.45, 2.75) is 18.0 Å². The molecule has 0 aliphatic rings.